The minimum atomic E-state index is -4.97. The molecule has 5 nitrogen and oxygen atoms in total. The van der Waals surface area contributed by atoms with Crippen molar-refractivity contribution >= 4 is 11.9 Å². The van der Waals surface area contributed by atoms with Gasteiger partial charge >= 0.3 is 12.1 Å². The van der Waals surface area contributed by atoms with Gasteiger partial charge in [0.05, 0.1) is 0 Å². The zero-order valence-electron chi connectivity index (χ0n) is 12.7. The van der Waals surface area contributed by atoms with E-state index in [9.17, 15) is 27.2 Å². The van der Waals surface area contributed by atoms with Crippen molar-refractivity contribution in [2.45, 2.75) is 19.5 Å². The number of alkyl halides is 3. The first kappa shape index (κ1) is 18.0. The monoisotopic (exact) mass is 349 g/mol. The van der Waals surface area contributed by atoms with Crippen molar-refractivity contribution in [3.05, 3.63) is 29.6 Å². The van der Waals surface area contributed by atoms with E-state index in [-0.39, 0.29) is 12.3 Å². The normalized spacial score (nSPS) is 21.0. The first-order valence-electron chi connectivity index (χ1n) is 7.04. The molecule has 9 heteroatoms. The largest absolute Gasteiger partial charge is 0.481 e. The van der Waals surface area contributed by atoms with E-state index in [4.69, 9.17) is 9.84 Å². The van der Waals surface area contributed by atoms with Crippen molar-refractivity contribution in [3.8, 4) is 5.75 Å². The van der Waals surface area contributed by atoms with E-state index in [0.717, 1.165) is 11.0 Å². The maximum atomic E-state index is 13.5. The number of benzene rings is 1. The average molecular weight is 349 g/mol. The Hall–Kier alpha value is -2.32. The van der Waals surface area contributed by atoms with Gasteiger partial charge in [0, 0.05) is 13.1 Å². The van der Waals surface area contributed by atoms with Gasteiger partial charge in [0.25, 0.3) is 5.91 Å². The van der Waals surface area contributed by atoms with E-state index in [1.165, 1.54) is 12.1 Å². The van der Waals surface area contributed by atoms with Crippen LogP contribution >= 0.6 is 0 Å². The quantitative estimate of drug-likeness (QED) is 0.848. The van der Waals surface area contributed by atoms with Gasteiger partial charge in [-0.15, -0.1) is 0 Å². The summed E-state index contributed by atoms with van der Waals surface area (Å²) in [4.78, 5) is 23.8. The van der Waals surface area contributed by atoms with Crippen molar-refractivity contribution in [1.29, 1.82) is 0 Å². The molecule has 0 radical (unpaired) electrons. The van der Waals surface area contributed by atoms with Crippen LogP contribution < -0.4 is 4.74 Å². The number of carboxylic acids is 1. The van der Waals surface area contributed by atoms with Gasteiger partial charge in [0.1, 0.15) is 0 Å². The van der Waals surface area contributed by atoms with Crippen LogP contribution in [-0.2, 0) is 9.59 Å². The van der Waals surface area contributed by atoms with E-state index < -0.39 is 48.9 Å². The highest BCUT2D eigenvalue weighted by atomic mass is 19.4. The third kappa shape index (κ3) is 3.29. The van der Waals surface area contributed by atoms with E-state index in [1.54, 1.807) is 6.92 Å². The van der Waals surface area contributed by atoms with Gasteiger partial charge in [-0.3, -0.25) is 9.59 Å². The molecule has 1 aromatic carbocycles. The summed E-state index contributed by atoms with van der Waals surface area (Å²) in [6, 6.07) is 3.99. The highest BCUT2D eigenvalue weighted by Crippen LogP contribution is 2.45. The summed E-state index contributed by atoms with van der Waals surface area (Å²) in [7, 11) is 0. The minimum absolute atomic E-state index is 0.192. The second-order valence-corrected chi connectivity index (χ2v) is 5.67. The molecule has 1 fully saturated rings. The SMILES string of the molecule is Cc1ccc(F)c(OCC(=O)N2CC[C@@](C(=O)O)(C(F)(F)F)C2)c1. The summed E-state index contributed by atoms with van der Waals surface area (Å²) in [5, 5.41) is 8.93. The van der Waals surface area contributed by atoms with Crippen LogP contribution in [0.2, 0.25) is 0 Å². The lowest BCUT2D eigenvalue weighted by Crippen LogP contribution is -2.48. The lowest BCUT2D eigenvalue weighted by Gasteiger charge is -2.27. The van der Waals surface area contributed by atoms with Crippen molar-refractivity contribution in [3.63, 3.8) is 0 Å². The first-order chi connectivity index (χ1) is 11.1. The molecular weight excluding hydrogens is 334 g/mol. The number of carbonyl (C=O) groups excluding carboxylic acids is 1. The second kappa shape index (κ2) is 6.29. The number of rotatable bonds is 4. The molecule has 24 heavy (non-hydrogen) atoms. The standard InChI is InChI=1S/C15H15F4NO4/c1-9-2-3-10(16)11(6-9)24-7-12(21)20-5-4-14(8-20,13(22)23)15(17,18)19/h2-3,6H,4-5,7-8H2,1H3,(H,22,23)/t14-/m1/s1. The second-order valence-electron chi connectivity index (χ2n) is 5.67. The highest BCUT2D eigenvalue weighted by Gasteiger charge is 2.64. The molecule has 0 saturated carbocycles. The number of aliphatic carboxylic acids is 1. The molecule has 1 amide bonds. The van der Waals surface area contributed by atoms with E-state index >= 15 is 0 Å². The fraction of sp³-hybridized carbons (Fsp3) is 0.467. The number of carboxylic acid groups (broad SMARTS) is 1. The third-order valence-corrected chi connectivity index (χ3v) is 4.01. The molecule has 1 atom stereocenters. The Morgan fingerprint density at radius 1 is 1.38 bits per heavy atom. The van der Waals surface area contributed by atoms with Gasteiger partial charge in [-0.1, -0.05) is 6.07 Å². The van der Waals surface area contributed by atoms with Gasteiger partial charge in [-0.05, 0) is 31.0 Å². The average Bonchev–Trinajstić information content (AvgIpc) is 2.94. The molecule has 0 bridgehead atoms. The zero-order valence-corrected chi connectivity index (χ0v) is 12.7. The molecule has 1 saturated heterocycles. The highest BCUT2D eigenvalue weighted by molar-refractivity contribution is 5.82. The van der Waals surface area contributed by atoms with Crippen LogP contribution in [0.5, 0.6) is 5.75 Å². The minimum Gasteiger partial charge on any atom is -0.481 e. The molecule has 1 aliphatic heterocycles. The van der Waals surface area contributed by atoms with Gasteiger partial charge < -0.3 is 14.7 Å². The van der Waals surface area contributed by atoms with Crippen LogP contribution in [0.3, 0.4) is 0 Å². The predicted molar refractivity (Wildman–Crippen MR) is 74.0 cm³/mol. The summed E-state index contributed by atoms with van der Waals surface area (Å²) in [5.41, 5.74) is -2.29. The first-order valence-corrected chi connectivity index (χ1v) is 7.04. The zero-order chi connectivity index (χ0) is 18.1. The Kier molecular flexibility index (Phi) is 4.73. The van der Waals surface area contributed by atoms with Gasteiger partial charge in [0.15, 0.2) is 23.6 Å². The summed E-state index contributed by atoms with van der Waals surface area (Å²) in [6.45, 7) is -0.332. The molecular formula is C15H15F4NO4. The van der Waals surface area contributed by atoms with Crippen molar-refractivity contribution < 1.29 is 37.0 Å². The number of hydrogen-bond acceptors (Lipinski definition) is 3. The summed E-state index contributed by atoms with van der Waals surface area (Å²) in [6.07, 6.45) is -5.70. The number of hydrogen-bond donors (Lipinski definition) is 1. The fourth-order valence-electron chi connectivity index (χ4n) is 2.50. The maximum Gasteiger partial charge on any atom is 0.406 e. The van der Waals surface area contributed by atoms with Crippen LogP contribution in [0, 0.1) is 18.2 Å². The molecule has 0 unspecified atom stereocenters. The van der Waals surface area contributed by atoms with Crippen LogP contribution in [-0.4, -0.2) is 47.8 Å². The molecule has 0 spiro atoms. The molecule has 0 aliphatic carbocycles. The predicted octanol–water partition coefficient (Wildman–Crippen LogP) is 2.38. The third-order valence-electron chi connectivity index (χ3n) is 4.01. The Morgan fingerprint density at radius 2 is 2.04 bits per heavy atom. The molecule has 0 aromatic heterocycles. The lowest BCUT2D eigenvalue weighted by atomic mass is 9.86. The number of carbonyl (C=O) groups is 2. The summed E-state index contributed by atoms with van der Waals surface area (Å²) in [5.74, 6) is -3.74. The maximum absolute atomic E-state index is 13.5. The molecule has 1 heterocycles. The number of amides is 1. The Bertz CT molecular complexity index is 661. The van der Waals surface area contributed by atoms with Crippen LogP contribution in [0.4, 0.5) is 17.6 Å². The summed E-state index contributed by atoms with van der Waals surface area (Å²) < 4.78 is 57.7. The number of halogens is 4. The van der Waals surface area contributed by atoms with Crippen LogP contribution in [0.25, 0.3) is 0 Å². The molecule has 1 N–H and O–H groups in total. The van der Waals surface area contributed by atoms with Gasteiger partial charge in [-0.2, -0.15) is 13.2 Å². The van der Waals surface area contributed by atoms with E-state index in [1.807, 2.05) is 0 Å². The van der Waals surface area contributed by atoms with Gasteiger partial charge in [-0.25, -0.2) is 4.39 Å². The Labute approximate surface area is 134 Å². The number of likely N-dealkylation sites (tertiary alicyclic amines) is 1. The topological polar surface area (TPSA) is 66.8 Å². The summed E-state index contributed by atoms with van der Waals surface area (Å²) >= 11 is 0. The molecule has 2 rings (SSSR count). The van der Waals surface area contributed by atoms with Crippen LogP contribution in [0.15, 0.2) is 18.2 Å². The van der Waals surface area contributed by atoms with Gasteiger partial charge in [0.2, 0.25) is 0 Å². The Morgan fingerprint density at radius 3 is 2.58 bits per heavy atom. The number of nitrogens with zero attached hydrogens (tertiary/aromatic N) is 1. The Balaban J connectivity index is 2.04. The lowest BCUT2D eigenvalue weighted by molar-refractivity contribution is -0.227. The van der Waals surface area contributed by atoms with Crippen LogP contribution in [0.1, 0.15) is 12.0 Å². The molecule has 132 valence electrons. The van der Waals surface area contributed by atoms with E-state index in [2.05, 4.69) is 0 Å². The molecule has 1 aromatic rings. The fourth-order valence-corrected chi connectivity index (χ4v) is 2.50. The van der Waals surface area contributed by atoms with Crippen molar-refractivity contribution in [2.75, 3.05) is 19.7 Å². The number of aryl methyl sites for hydroxylation is 1. The smallest absolute Gasteiger partial charge is 0.406 e. The van der Waals surface area contributed by atoms with E-state index in [0.29, 0.717) is 5.56 Å². The van der Waals surface area contributed by atoms with Crippen molar-refractivity contribution in [2.24, 2.45) is 5.41 Å². The molecule has 1 aliphatic rings. The van der Waals surface area contributed by atoms with Crippen molar-refractivity contribution in [1.82, 2.24) is 4.90 Å². The number of ether oxygens (including phenoxy) is 1.